The molecule has 0 spiro atoms. The first-order valence-electron chi connectivity index (χ1n) is 15.9. The van der Waals surface area contributed by atoms with Gasteiger partial charge in [-0.1, -0.05) is 24.3 Å². The number of carbonyl (C=O) groups excluding carboxylic acids is 5. The fraction of sp³-hybridized carbons (Fsp3) is 0.150. The van der Waals surface area contributed by atoms with Gasteiger partial charge in [0.1, 0.15) is 28.8 Å². The Morgan fingerprint density at radius 1 is 0.556 bits per heavy atom. The van der Waals surface area contributed by atoms with Crippen LogP contribution in [0.15, 0.2) is 66.4 Å². The number of carboxylic acids is 1. The number of phenolic OH excluding ortho intramolecular Hbond substituents is 2. The lowest BCUT2D eigenvalue weighted by Gasteiger charge is -2.23. The highest BCUT2D eigenvalue weighted by Crippen LogP contribution is 2.43. The molecule has 0 atom stereocenters. The molecule has 14 heteroatoms. The Bertz CT molecular complexity index is 2400. The Morgan fingerprint density at radius 2 is 1.06 bits per heavy atom. The molecule has 0 radical (unpaired) electrons. The minimum atomic E-state index is -1.34. The summed E-state index contributed by atoms with van der Waals surface area (Å²) >= 11 is 0. The molecule has 2 aliphatic carbocycles. The molecular weight excluding hydrogens is 704 g/mol. The molecule has 276 valence electrons. The number of allylic oxidation sites excluding steroid dienone is 3. The first kappa shape index (κ1) is 38.0. The van der Waals surface area contributed by atoms with Gasteiger partial charge in [0.15, 0.2) is 11.5 Å². The third kappa shape index (κ3) is 6.29. The summed E-state index contributed by atoms with van der Waals surface area (Å²) in [7, 11) is 5.13. The zero-order chi connectivity index (χ0) is 39.8. The minimum absolute atomic E-state index is 0.0132. The average molecular weight is 737 g/mol. The molecule has 14 nitrogen and oxygen atoms in total. The predicted octanol–water partition coefficient (Wildman–Crippen LogP) is 5.53. The van der Waals surface area contributed by atoms with Crippen molar-refractivity contribution in [2.45, 2.75) is 13.8 Å². The maximum atomic E-state index is 13.3. The van der Waals surface area contributed by atoms with Crippen LogP contribution in [-0.4, -0.2) is 83.9 Å². The fourth-order valence-electron chi connectivity index (χ4n) is 6.32. The van der Waals surface area contributed by atoms with Gasteiger partial charge in [-0.05, 0) is 61.4 Å². The van der Waals surface area contributed by atoms with Crippen molar-refractivity contribution in [3.05, 3.63) is 122 Å². The number of esters is 1. The Labute approximate surface area is 307 Å². The third-order valence-electron chi connectivity index (χ3n) is 8.64. The Morgan fingerprint density at radius 3 is 1.56 bits per heavy atom. The van der Waals surface area contributed by atoms with E-state index in [1.807, 2.05) is 0 Å². The number of carboxylic acid groups (broad SMARTS) is 1. The molecule has 0 saturated heterocycles. The van der Waals surface area contributed by atoms with Crippen molar-refractivity contribution in [1.82, 2.24) is 0 Å². The number of fused-ring (bicyclic) bond motifs is 2. The Balaban J connectivity index is 0.000000208. The number of ketones is 4. The third-order valence-corrected chi connectivity index (χ3v) is 8.64. The van der Waals surface area contributed by atoms with Gasteiger partial charge < -0.3 is 39.4 Å². The number of phenols is 2. The lowest BCUT2D eigenvalue weighted by molar-refractivity contribution is -0.110. The van der Waals surface area contributed by atoms with Crippen LogP contribution < -0.4 is 9.47 Å². The molecule has 6 rings (SSSR count). The van der Waals surface area contributed by atoms with E-state index in [1.165, 1.54) is 77.0 Å². The SMILES string of the molecule is COC(=O)c1cc(C)cc(OC)c1C1=C(OC)C(=O)c2c(O)cccc2C1=O.COc1cc(C)cc(C(=O)O)c1C1=C(O)c2cccc(O)c2C(=O)C1=O. The van der Waals surface area contributed by atoms with Crippen LogP contribution in [-0.2, 0) is 14.3 Å². The smallest absolute Gasteiger partial charge is 0.338 e. The van der Waals surface area contributed by atoms with Crippen LogP contribution in [0.5, 0.6) is 23.0 Å². The van der Waals surface area contributed by atoms with Crippen molar-refractivity contribution in [2.24, 2.45) is 0 Å². The number of hydrogen-bond acceptors (Lipinski definition) is 13. The molecule has 0 unspecified atom stereocenters. The number of rotatable bonds is 7. The van der Waals surface area contributed by atoms with Crippen molar-refractivity contribution in [2.75, 3.05) is 28.4 Å². The zero-order valence-corrected chi connectivity index (χ0v) is 29.6. The van der Waals surface area contributed by atoms with Crippen molar-refractivity contribution < 1.29 is 68.1 Å². The van der Waals surface area contributed by atoms with E-state index >= 15 is 0 Å². The van der Waals surface area contributed by atoms with Gasteiger partial charge in [-0.2, -0.15) is 0 Å². The summed E-state index contributed by atoms with van der Waals surface area (Å²) in [4.78, 5) is 75.5. The quantitative estimate of drug-likeness (QED) is 0.135. The maximum absolute atomic E-state index is 13.3. The number of Topliss-reactive ketones (excluding diaryl/α,β-unsaturated/α-hetero) is 4. The van der Waals surface area contributed by atoms with E-state index in [4.69, 9.17) is 18.9 Å². The molecule has 4 aromatic rings. The van der Waals surface area contributed by atoms with Gasteiger partial charge in [0, 0.05) is 22.3 Å². The molecule has 4 N–H and O–H groups in total. The molecule has 0 amide bonds. The minimum Gasteiger partial charge on any atom is -0.507 e. The number of aliphatic hydroxyl groups is 1. The number of methoxy groups -OCH3 is 4. The van der Waals surface area contributed by atoms with Crippen molar-refractivity contribution in [3.8, 4) is 23.0 Å². The van der Waals surface area contributed by atoms with Crippen LogP contribution in [0.3, 0.4) is 0 Å². The van der Waals surface area contributed by atoms with E-state index in [0.717, 1.165) is 0 Å². The van der Waals surface area contributed by atoms with Crippen molar-refractivity contribution in [3.63, 3.8) is 0 Å². The zero-order valence-electron chi connectivity index (χ0n) is 29.6. The molecule has 54 heavy (non-hydrogen) atoms. The van der Waals surface area contributed by atoms with E-state index in [9.17, 15) is 49.2 Å². The van der Waals surface area contributed by atoms with Gasteiger partial charge in [-0.15, -0.1) is 0 Å². The second-order valence-electron chi connectivity index (χ2n) is 11.9. The number of hydrogen-bond donors (Lipinski definition) is 4. The molecule has 0 aromatic heterocycles. The summed E-state index contributed by atoms with van der Waals surface area (Å²) in [5.74, 6) is -6.83. The largest absolute Gasteiger partial charge is 0.507 e. The lowest BCUT2D eigenvalue weighted by atomic mass is 9.82. The van der Waals surface area contributed by atoms with Crippen molar-refractivity contribution in [1.29, 1.82) is 0 Å². The number of benzene rings is 4. The monoisotopic (exact) mass is 736 g/mol. The van der Waals surface area contributed by atoms with Crippen molar-refractivity contribution >= 4 is 52.0 Å². The van der Waals surface area contributed by atoms with Crippen LogP contribution in [0.25, 0.3) is 16.9 Å². The van der Waals surface area contributed by atoms with Crippen LogP contribution in [0.1, 0.15) is 79.6 Å². The first-order chi connectivity index (χ1) is 25.6. The summed E-state index contributed by atoms with van der Waals surface area (Å²) in [5.41, 5.74) is -0.126. The van der Waals surface area contributed by atoms with Gasteiger partial charge in [-0.25, -0.2) is 9.59 Å². The molecule has 0 heterocycles. The second kappa shape index (κ2) is 14.8. The fourth-order valence-corrected chi connectivity index (χ4v) is 6.32. The standard InChI is InChI=1S/C21H18O7.C19H14O7/c1-10-8-12(21(25)28-4)16(14(9-10)26-2)17-18(23)11-6-5-7-13(22)15(11)19(24)20(17)27-3;1-8-6-10(19(24)25)14(12(7-8)26-2)15-16(21)9-4-3-5-11(20)13(9)17(22)18(15)23/h5-9,22H,1-4H3;3-7,20-21H,1-2H3,(H,24,25). The number of carbonyl (C=O) groups is 6. The highest BCUT2D eigenvalue weighted by atomic mass is 16.5. The summed E-state index contributed by atoms with van der Waals surface area (Å²) in [6.07, 6.45) is 0. The highest BCUT2D eigenvalue weighted by Gasteiger charge is 2.40. The molecule has 0 aliphatic heterocycles. The number of aliphatic hydroxyl groups excluding tert-OH is 1. The molecule has 2 aliphatic rings. The van der Waals surface area contributed by atoms with Gasteiger partial charge >= 0.3 is 11.9 Å². The number of ether oxygens (including phenoxy) is 4. The predicted molar refractivity (Wildman–Crippen MR) is 191 cm³/mol. The number of aromatic carboxylic acids is 1. The van der Waals surface area contributed by atoms with Crippen LogP contribution in [0.4, 0.5) is 0 Å². The topological polar surface area (TPSA) is 220 Å². The molecule has 0 fully saturated rings. The second-order valence-corrected chi connectivity index (χ2v) is 11.9. The van der Waals surface area contributed by atoms with E-state index in [-0.39, 0.29) is 73.1 Å². The lowest BCUT2D eigenvalue weighted by Crippen LogP contribution is -2.25. The number of aryl methyl sites for hydroxylation is 2. The normalized spacial score (nSPS) is 13.4. The summed E-state index contributed by atoms with van der Waals surface area (Å²) in [5, 5.41) is 40.1. The molecule has 0 saturated carbocycles. The maximum Gasteiger partial charge on any atom is 0.338 e. The van der Waals surface area contributed by atoms with Gasteiger partial charge in [0.25, 0.3) is 0 Å². The summed E-state index contributed by atoms with van der Waals surface area (Å²) in [6.45, 7) is 3.40. The van der Waals surface area contributed by atoms with Gasteiger partial charge in [0.05, 0.1) is 61.8 Å². The Kier molecular flexibility index (Phi) is 10.4. The van der Waals surface area contributed by atoms with E-state index in [2.05, 4.69) is 0 Å². The Hall–Kier alpha value is -7.22. The molecule has 0 bridgehead atoms. The highest BCUT2D eigenvalue weighted by molar-refractivity contribution is 6.62. The summed E-state index contributed by atoms with van der Waals surface area (Å²) < 4.78 is 20.7. The van der Waals surface area contributed by atoms with E-state index < -0.39 is 52.2 Å². The summed E-state index contributed by atoms with van der Waals surface area (Å²) in [6, 6.07) is 14.2. The molecular formula is C40H32O14. The van der Waals surface area contributed by atoms with Crippen LogP contribution >= 0.6 is 0 Å². The number of aromatic hydroxyl groups is 2. The van der Waals surface area contributed by atoms with E-state index in [1.54, 1.807) is 26.0 Å². The van der Waals surface area contributed by atoms with E-state index in [0.29, 0.717) is 11.1 Å². The van der Waals surface area contributed by atoms with Crippen LogP contribution in [0.2, 0.25) is 0 Å². The van der Waals surface area contributed by atoms with Gasteiger partial charge in [-0.3, -0.25) is 19.2 Å². The molecule has 4 aromatic carbocycles. The first-order valence-corrected chi connectivity index (χ1v) is 15.9. The average Bonchev–Trinajstić information content (AvgIpc) is 3.15. The van der Waals surface area contributed by atoms with Crippen LogP contribution in [0, 0.1) is 13.8 Å². The van der Waals surface area contributed by atoms with Gasteiger partial charge in [0.2, 0.25) is 17.3 Å².